The van der Waals surface area contributed by atoms with Crippen LogP contribution in [-0.2, 0) is 19.6 Å². The Balaban J connectivity index is 1.40. The second-order valence-corrected chi connectivity index (χ2v) is 13.0. The van der Waals surface area contributed by atoms with E-state index < -0.39 is 34.5 Å². The van der Waals surface area contributed by atoms with E-state index in [1.807, 2.05) is 48.5 Å². The van der Waals surface area contributed by atoms with E-state index in [1.165, 1.54) is 33.6 Å². The first kappa shape index (κ1) is 32.9. The highest BCUT2D eigenvalue weighted by molar-refractivity contribution is 7.89. The van der Waals surface area contributed by atoms with Gasteiger partial charge in [0, 0.05) is 19.0 Å². The number of nitrogens with zero attached hydrogens (tertiary/aromatic N) is 3. The molecule has 0 aromatic heterocycles. The van der Waals surface area contributed by atoms with Gasteiger partial charge in [-0.25, -0.2) is 18.2 Å². The summed E-state index contributed by atoms with van der Waals surface area (Å²) in [5.41, 5.74) is 3.84. The van der Waals surface area contributed by atoms with Crippen LogP contribution in [0.15, 0.2) is 88.4 Å². The third-order valence-corrected chi connectivity index (χ3v) is 10.5. The molecule has 242 valence electrons. The minimum Gasteiger partial charge on any atom is -0.497 e. The number of hydrazone groups is 1. The van der Waals surface area contributed by atoms with Crippen LogP contribution in [0.3, 0.4) is 0 Å². The zero-order chi connectivity index (χ0) is 32.8. The fraction of sp³-hybridized carbons (Fsp3) is 0.343. The molecule has 0 N–H and O–H groups in total. The monoisotopic (exact) mass is 645 g/mol. The molecule has 0 saturated heterocycles. The van der Waals surface area contributed by atoms with Crippen LogP contribution in [0.5, 0.6) is 11.5 Å². The van der Waals surface area contributed by atoms with Crippen LogP contribution in [0.1, 0.15) is 60.6 Å². The number of sulfonamides is 1. The third kappa shape index (κ3) is 6.85. The Kier molecular flexibility index (Phi) is 10.2. The van der Waals surface area contributed by atoms with Crippen molar-refractivity contribution in [2.45, 2.75) is 44.0 Å². The summed E-state index contributed by atoms with van der Waals surface area (Å²) in [5, 5.41) is 6.29. The average molecular weight is 646 g/mol. The lowest BCUT2D eigenvalue weighted by atomic mass is 9.77. The highest BCUT2D eigenvalue weighted by Crippen LogP contribution is 2.44. The number of benzene rings is 3. The minimum atomic E-state index is -3.78. The molecule has 1 heterocycles. The Hall–Kier alpha value is -4.48. The fourth-order valence-corrected chi connectivity index (χ4v) is 7.52. The SMILES string of the molecule is CCN(CC)S(=O)(=O)c1cccc(C(=O)OCC(=O)N2N=C3C(=Cc4ccc(OC)cc4)CCCC3C2c2ccc(OC)cc2)c1. The van der Waals surface area contributed by atoms with Crippen LogP contribution < -0.4 is 9.47 Å². The van der Waals surface area contributed by atoms with E-state index in [-0.39, 0.29) is 16.4 Å². The summed E-state index contributed by atoms with van der Waals surface area (Å²) >= 11 is 0. The number of hydrogen-bond acceptors (Lipinski definition) is 8. The molecule has 3 aromatic rings. The Morgan fingerprint density at radius 2 is 1.61 bits per heavy atom. The van der Waals surface area contributed by atoms with E-state index in [0.29, 0.717) is 18.8 Å². The van der Waals surface area contributed by atoms with Gasteiger partial charge < -0.3 is 14.2 Å². The Morgan fingerprint density at radius 3 is 2.24 bits per heavy atom. The minimum absolute atomic E-state index is 0.0114. The van der Waals surface area contributed by atoms with Crippen LogP contribution in [0, 0.1) is 5.92 Å². The number of rotatable bonds is 11. The van der Waals surface area contributed by atoms with Crippen molar-refractivity contribution in [3.63, 3.8) is 0 Å². The lowest BCUT2D eigenvalue weighted by molar-refractivity contribution is -0.137. The van der Waals surface area contributed by atoms with E-state index in [0.717, 1.165) is 47.4 Å². The third-order valence-electron chi connectivity index (χ3n) is 8.41. The van der Waals surface area contributed by atoms with E-state index in [1.54, 1.807) is 28.1 Å². The van der Waals surface area contributed by atoms with Crippen molar-refractivity contribution in [1.82, 2.24) is 9.31 Å². The van der Waals surface area contributed by atoms with Crippen molar-refractivity contribution in [2.75, 3.05) is 33.9 Å². The number of esters is 1. The molecule has 1 aliphatic heterocycles. The molecule has 2 atom stereocenters. The molecule has 10 nitrogen and oxygen atoms in total. The topological polar surface area (TPSA) is 115 Å². The molecular formula is C35H39N3O7S. The second kappa shape index (κ2) is 14.3. The predicted molar refractivity (Wildman–Crippen MR) is 175 cm³/mol. The first-order valence-electron chi connectivity index (χ1n) is 15.4. The highest BCUT2D eigenvalue weighted by atomic mass is 32.2. The van der Waals surface area contributed by atoms with Crippen LogP contribution in [-0.4, -0.2) is 69.2 Å². The molecule has 0 bridgehead atoms. The van der Waals surface area contributed by atoms with Crippen LogP contribution in [0.2, 0.25) is 0 Å². The van der Waals surface area contributed by atoms with Gasteiger partial charge in [-0.3, -0.25) is 4.79 Å². The zero-order valence-electron chi connectivity index (χ0n) is 26.5. The van der Waals surface area contributed by atoms with Crippen LogP contribution in [0.25, 0.3) is 6.08 Å². The molecule has 1 amide bonds. The van der Waals surface area contributed by atoms with Gasteiger partial charge in [0.05, 0.1) is 36.4 Å². The van der Waals surface area contributed by atoms with Crippen molar-refractivity contribution in [3.8, 4) is 11.5 Å². The summed E-state index contributed by atoms with van der Waals surface area (Å²) in [6, 6.07) is 20.6. The van der Waals surface area contributed by atoms with E-state index in [2.05, 4.69) is 6.08 Å². The van der Waals surface area contributed by atoms with Gasteiger partial charge >= 0.3 is 5.97 Å². The zero-order valence-corrected chi connectivity index (χ0v) is 27.3. The summed E-state index contributed by atoms with van der Waals surface area (Å²) in [4.78, 5) is 26.8. The van der Waals surface area contributed by atoms with E-state index in [4.69, 9.17) is 19.3 Å². The Bertz CT molecular complexity index is 1730. The lowest BCUT2D eigenvalue weighted by Gasteiger charge is -2.29. The van der Waals surface area contributed by atoms with Gasteiger partial charge in [0.25, 0.3) is 5.91 Å². The number of amides is 1. The Labute approximate surface area is 270 Å². The van der Waals surface area contributed by atoms with Gasteiger partial charge in [0.15, 0.2) is 6.61 Å². The summed E-state index contributed by atoms with van der Waals surface area (Å²) in [6.07, 6.45) is 4.69. The maximum atomic E-state index is 13.7. The highest BCUT2D eigenvalue weighted by Gasteiger charge is 2.44. The first-order chi connectivity index (χ1) is 22.2. The number of hydrogen-bond donors (Lipinski definition) is 0. The Morgan fingerprint density at radius 1 is 0.957 bits per heavy atom. The number of carbonyl (C=O) groups excluding carboxylic acids is 2. The molecule has 1 fully saturated rings. The standard InChI is InChI=1S/C35H39N3O7S/c1-5-37(6-2)46(41,42)30-11-7-10-27(22-30)35(40)45-23-32(39)38-34(25-15-19-29(44-4)20-16-25)31-12-8-9-26(33(31)36-38)21-24-13-17-28(43-3)18-14-24/h7,10-11,13-22,31,34H,5-6,8-9,12,23H2,1-4H3. The fourth-order valence-electron chi connectivity index (χ4n) is 6.02. The smallest absolute Gasteiger partial charge is 0.338 e. The lowest BCUT2D eigenvalue weighted by Crippen LogP contribution is -2.34. The largest absolute Gasteiger partial charge is 0.497 e. The summed E-state index contributed by atoms with van der Waals surface area (Å²) in [5.74, 6) is 0.143. The molecule has 1 saturated carbocycles. The molecule has 0 radical (unpaired) electrons. The van der Waals surface area contributed by atoms with Crippen LogP contribution >= 0.6 is 0 Å². The van der Waals surface area contributed by atoms with Crippen molar-refractivity contribution in [1.29, 1.82) is 0 Å². The average Bonchev–Trinajstić information content (AvgIpc) is 3.48. The van der Waals surface area contributed by atoms with Gasteiger partial charge in [-0.15, -0.1) is 0 Å². The van der Waals surface area contributed by atoms with Gasteiger partial charge in [-0.2, -0.15) is 9.41 Å². The second-order valence-electron chi connectivity index (χ2n) is 11.1. The number of allylic oxidation sites excluding steroid dienone is 1. The predicted octanol–water partition coefficient (Wildman–Crippen LogP) is 5.71. The van der Waals surface area contributed by atoms with Gasteiger partial charge in [0.1, 0.15) is 11.5 Å². The summed E-state index contributed by atoms with van der Waals surface area (Å²) in [6.45, 7) is 3.54. The summed E-state index contributed by atoms with van der Waals surface area (Å²) < 4.78 is 43.4. The molecule has 1 aliphatic carbocycles. The van der Waals surface area contributed by atoms with Crippen molar-refractivity contribution in [2.24, 2.45) is 11.0 Å². The van der Waals surface area contributed by atoms with Crippen LogP contribution in [0.4, 0.5) is 0 Å². The number of methoxy groups -OCH3 is 2. The first-order valence-corrected chi connectivity index (χ1v) is 16.8. The van der Waals surface area contributed by atoms with E-state index in [9.17, 15) is 18.0 Å². The van der Waals surface area contributed by atoms with Gasteiger partial charge in [-0.1, -0.05) is 44.2 Å². The molecule has 11 heteroatoms. The van der Waals surface area contributed by atoms with Crippen molar-refractivity contribution < 1.29 is 32.2 Å². The van der Waals surface area contributed by atoms with Crippen molar-refractivity contribution >= 4 is 33.7 Å². The maximum absolute atomic E-state index is 13.7. The number of carbonyl (C=O) groups is 2. The molecule has 3 aromatic carbocycles. The normalized spacial score (nSPS) is 18.7. The maximum Gasteiger partial charge on any atom is 0.338 e. The molecule has 46 heavy (non-hydrogen) atoms. The molecule has 2 aliphatic rings. The number of ether oxygens (including phenoxy) is 3. The van der Waals surface area contributed by atoms with Gasteiger partial charge in [-0.05, 0) is 84.5 Å². The molecule has 2 unspecified atom stereocenters. The molecule has 5 rings (SSSR count). The van der Waals surface area contributed by atoms with E-state index >= 15 is 0 Å². The summed E-state index contributed by atoms with van der Waals surface area (Å²) in [7, 11) is -0.548. The van der Waals surface area contributed by atoms with Gasteiger partial charge in [0.2, 0.25) is 10.0 Å². The quantitative estimate of drug-likeness (QED) is 0.245. The molecular weight excluding hydrogens is 606 g/mol. The molecule has 0 spiro atoms. The number of fused-ring (bicyclic) bond motifs is 1. The van der Waals surface area contributed by atoms with Crippen molar-refractivity contribution in [3.05, 3.63) is 95.1 Å².